The van der Waals surface area contributed by atoms with Crippen LogP contribution in [0.5, 0.6) is 5.75 Å². The maximum atomic E-state index is 6.38. The van der Waals surface area contributed by atoms with Gasteiger partial charge < -0.3 is 19.7 Å². The molecular weight excluding hydrogens is 513 g/mol. The van der Waals surface area contributed by atoms with Crippen LogP contribution in [0.1, 0.15) is 51.0 Å². The van der Waals surface area contributed by atoms with Crippen LogP contribution in [0, 0.1) is 5.41 Å². The third-order valence-electron chi connectivity index (χ3n) is 7.20. The van der Waals surface area contributed by atoms with Crippen molar-refractivity contribution in [3.05, 3.63) is 28.8 Å². The van der Waals surface area contributed by atoms with Crippen LogP contribution >= 0.6 is 35.6 Å². The van der Waals surface area contributed by atoms with E-state index in [0.717, 1.165) is 74.5 Å². The van der Waals surface area contributed by atoms with Gasteiger partial charge >= 0.3 is 0 Å². The lowest BCUT2D eigenvalue weighted by atomic mass is 9.68. The summed E-state index contributed by atoms with van der Waals surface area (Å²) in [4.78, 5) is 7.65. The van der Waals surface area contributed by atoms with Crippen LogP contribution in [0.2, 0.25) is 5.02 Å². The molecule has 1 saturated carbocycles. The van der Waals surface area contributed by atoms with E-state index in [-0.39, 0.29) is 29.4 Å². The number of ether oxygens (including phenoxy) is 2. The molecule has 0 bridgehead atoms. The second kappa shape index (κ2) is 10.3. The Morgan fingerprint density at radius 3 is 2.60 bits per heavy atom. The van der Waals surface area contributed by atoms with Crippen LogP contribution in [0.3, 0.4) is 0 Å². The van der Waals surface area contributed by atoms with Gasteiger partial charge in [-0.1, -0.05) is 18.0 Å². The third-order valence-corrected chi connectivity index (χ3v) is 7.44. The molecule has 0 atom stereocenters. The average Bonchev–Trinajstić information content (AvgIpc) is 3.18. The lowest BCUT2D eigenvalue weighted by Crippen LogP contribution is -2.44. The molecule has 1 spiro atoms. The summed E-state index contributed by atoms with van der Waals surface area (Å²) in [7, 11) is 1.73. The molecule has 4 rings (SSSR count). The Bertz CT molecular complexity index is 748. The quantitative estimate of drug-likeness (QED) is 0.325. The molecule has 0 aromatic heterocycles. The van der Waals surface area contributed by atoms with Crippen molar-refractivity contribution in [1.29, 1.82) is 0 Å². The van der Waals surface area contributed by atoms with Gasteiger partial charge in [-0.2, -0.15) is 0 Å². The minimum atomic E-state index is -0.108. The first kappa shape index (κ1) is 23.9. The Hall–Kier alpha value is -0.730. The zero-order chi connectivity index (χ0) is 20.3. The fourth-order valence-corrected chi connectivity index (χ4v) is 5.39. The lowest BCUT2D eigenvalue weighted by molar-refractivity contribution is 0.0522. The van der Waals surface area contributed by atoms with Crippen molar-refractivity contribution in [3.8, 4) is 5.75 Å². The number of nitrogens with one attached hydrogen (secondary N) is 1. The number of benzene rings is 1. The molecule has 2 saturated heterocycles. The number of likely N-dealkylation sites (tertiary alicyclic amines) is 1. The van der Waals surface area contributed by atoms with Crippen LogP contribution in [-0.4, -0.2) is 57.4 Å². The molecule has 0 radical (unpaired) electrons. The number of halogens is 2. The Morgan fingerprint density at radius 2 is 2.00 bits per heavy atom. The van der Waals surface area contributed by atoms with Crippen molar-refractivity contribution in [2.45, 2.75) is 50.9 Å². The first-order chi connectivity index (χ1) is 14.1. The third kappa shape index (κ3) is 4.85. The molecule has 0 unspecified atom stereocenters. The zero-order valence-corrected chi connectivity index (χ0v) is 21.3. The molecule has 2 aliphatic heterocycles. The number of hydrogen-bond donors (Lipinski definition) is 1. The summed E-state index contributed by atoms with van der Waals surface area (Å²) in [5.41, 5.74) is 1.61. The van der Waals surface area contributed by atoms with Gasteiger partial charge in [-0.05, 0) is 62.6 Å². The van der Waals surface area contributed by atoms with Crippen molar-refractivity contribution in [3.63, 3.8) is 0 Å². The monoisotopic (exact) mass is 547 g/mol. The molecular formula is C23H35ClIN3O2. The van der Waals surface area contributed by atoms with E-state index in [0.29, 0.717) is 5.41 Å². The largest absolute Gasteiger partial charge is 0.496 e. The molecule has 2 heterocycles. The summed E-state index contributed by atoms with van der Waals surface area (Å²) < 4.78 is 11.4. The van der Waals surface area contributed by atoms with Crippen LogP contribution in [0.15, 0.2) is 23.2 Å². The Kier molecular flexibility index (Phi) is 8.18. The van der Waals surface area contributed by atoms with E-state index in [1.54, 1.807) is 7.11 Å². The van der Waals surface area contributed by atoms with Gasteiger partial charge in [0.2, 0.25) is 0 Å². The standard InChI is InChI=1S/C23H34ClN3O2.HI/c1-3-25-21(27-12-9-22(17-27)7-4-8-22)26-16-23(10-13-29-14-11-23)19-15-18(24)5-6-20(19)28-2;/h5-6,15H,3-4,7-14,16-17H2,1-2H3,(H,25,26);1H. The number of aliphatic imine (C=N–C) groups is 1. The van der Waals surface area contributed by atoms with Crippen molar-refractivity contribution < 1.29 is 9.47 Å². The van der Waals surface area contributed by atoms with Gasteiger partial charge in [-0.25, -0.2) is 0 Å². The summed E-state index contributed by atoms with van der Waals surface area (Å²) in [6, 6.07) is 5.94. The molecule has 1 N–H and O–H groups in total. The van der Waals surface area contributed by atoms with Gasteiger partial charge in [0.1, 0.15) is 5.75 Å². The number of hydrogen-bond acceptors (Lipinski definition) is 3. The first-order valence-electron chi connectivity index (χ1n) is 11.0. The van der Waals surface area contributed by atoms with E-state index >= 15 is 0 Å². The summed E-state index contributed by atoms with van der Waals surface area (Å²) >= 11 is 6.38. The van der Waals surface area contributed by atoms with Crippen molar-refractivity contribution in [2.75, 3.05) is 46.5 Å². The zero-order valence-electron chi connectivity index (χ0n) is 18.2. The fraction of sp³-hybridized carbons (Fsp3) is 0.696. The van der Waals surface area contributed by atoms with Crippen LogP contribution in [0.25, 0.3) is 0 Å². The van der Waals surface area contributed by atoms with E-state index in [2.05, 4.69) is 23.2 Å². The molecule has 30 heavy (non-hydrogen) atoms. The molecule has 3 fully saturated rings. The van der Waals surface area contributed by atoms with Crippen LogP contribution in [-0.2, 0) is 10.2 Å². The molecule has 1 aromatic rings. The second-order valence-corrected chi connectivity index (χ2v) is 9.37. The minimum Gasteiger partial charge on any atom is -0.496 e. The predicted molar refractivity (Wildman–Crippen MR) is 134 cm³/mol. The van der Waals surface area contributed by atoms with Crippen molar-refractivity contribution >= 4 is 41.5 Å². The van der Waals surface area contributed by atoms with Crippen molar-refractivity contribution in [2.24, 2.45) is 10.4 Å². The van der Waals surface area contributed by atoms with Gasteiger partial charge in [0.15, 0.2) is 5.96 Å². The average molecular weight is 548 g/mol. The smallest absolute Gasteiger partial charge is 0.193 e. The maximum absolute atomic E-state index is 6.38. The molecule has 168 valence electrons. The maximum Gasteiger partial charge on any atom is 0.193 e. The first-order valence-corrected chi connectivity index (χ1v) is 11.4. The van der Waals surface area contributed by atoms with E-state index < -0.39 is 0 Å². The summed E-state index contributed by atoms with van der Waals surface area (Å²) in [5, 5.41) is 4.29. The number of rotatable bonds is 5. The number of methoxy groups -OCH3 is 1. The highest BCUT2D eigenvalue weighted by atomic mass is 127. The highest BCUT2D eigenvalue weighted by molar-refractivity contribution is 14.0. The van der Waals surface area contributed by atoms with Gasteiger partial charge in [0, 0.05) is 48.8 Å². The van der Waals surface area contributed by atoms with Gasteiger partial charge in [0.05, 0.1) is 13.7 Å². The molecule has 5 nitrogen and oxygen atoms in total. The Morgan fingerprint density at radius 1 is 1.23 bits per heavy atom. The topological polar surface area (TPSA) is 46.1 Å². The summed E-state index contributed by atoms with van der Waals surface area (Å²) in [6.07, 6.45) is 7.30. The van der Waals surface area contributed by atoms with Gasteiger partial charge in [0.25, 0.3) is 0 Å². The number of guanidine groups is 1. The van der Waals surface area contributed by atoms with E-state index in [1.807, 2.05) is 12.1 Å². The predicted octanol–water partition coefficient (Wildman–Crippen LogP) is 4.86. The molecule has 1 aromatic carbocycles. The number of nitrogens with zero attached hydrogens (tertiary/aromatic N) is 2. The fourth-order valence-electron chi connectivity index (χ4n) is 5.22. The van der Waals surface area contributed by atoms with E-state index in [1.165, 1.54) is 25.7 Å². The van der Waals surface area contributed by atoms with E-state index in [4.69, 9.17) is 26.1 Å². The lowest BCUT2D eigenvalue weighted by Gasteiger charge is -2.39. The normalized spacial score (nSPS) is 22.4. The molecule has 7 heteroatoms. The van der Waals surface area contributed by atoms with Gasteiger partial charge in [-0.15, -0.1) is 24.0 Å². The Balaban J connectivity index is 0.00000256. The van der Waals surface area contributed by atoms with Gasteiger partial charge in [-0.3, -0.25) is 4.99 Å². The molecule has 3 aliphatic rings. The van der Waals surface area contributed by atoms with Crippen LogP contribution in [0.4, 0.5) is 0 Å². The van der Waals surface area contributed by atoms with E-state index in [9.17, 15) is 0 Å². The molecule has 0 amide bonds. The van der Waals surface area contributed by atoms with Crippen molar-refractivity contribution in [1.82, 2.24) is 10.2 Å². The van der Waals surface area contributed by atoms with Crippen LogP contribution < -0.4 is 10.1 Å². The molecule has 1 aliphatic carbocycles. The minimum absolute atomic E-state index is 0. The second-order valence-electron chi connectivity index (χ2n) is 8.93. The summed E-state index contributed by atoms with van der Waals surface area (Å²) in [5.74, 6) is 1.95. The SMILES string of the molecule is CCNC(=NCC1(c2cc(Cl)ccc2OC)CCOCC1)N1CCC2(CCC2)C1.I. The highest BCUT2D eigenvalue weighted by Crippen LogP contribution is 2.48. The highest BCUT2D eigenvalue weighted by Gasteiger charge is 2.44. The summed E-state index contributed by atoms with van der Waals surface area (Å²) in [6.45, 7) is 7.51. The Labute approximate surface area is 202 Å².